The number of rotatable bonds is 8. The van der Waals surface area contributed by atoms with Crippen LogP contribution in [0.2, 0.25) is 0 Å². The van der Waals surface area contributed by atoms with Crippen LogP contribution in [-0.4, -0.2) is 20.3 Å². The molecule has 0 aliphatic rings. The molecule has 0 spiro atoms. The first-order valence-corrected chi connectivity index (χ1v) is 6.67. The second-order valence-electron chi connectivity index (χ2n) is 4.61. The first-order chi connectivity index (χ1) is 8.69. The standard InChI is InChI=1S/C15H24FNO/c1-4-17-15(7-5-6-10-18-3)13-9-8-12(2)14(16)11-13/h8-9,11,15,17H,4-7,10H2,1-3H3. The summed E-state index contributed by atoms with van der Waals surface area (Å²) in [6.07, 6.45) is 3.15. The van der Waals surface area contributed by atoms with Crippen LogP contribution in [0.5, 0.6) is 0 Å². The summed E-state index contributed by atoms with van der Waals surface area (Å²) < 4.78 is 18.6. The Morgan fingerprint density at radius 1 is 1.33 bits per heavy atom. The van der Waals surface area contributed by atoms with Gasteiger partial charge in [0.05, 0.1) is 0 Å². The Morgan fingerprint density at radius 3 is 2.72 bits per heavy atom. The molecule has 2 nitrogen and oxygen atoms in total. The maximum absolute atomic E-state index is 13.6. The number of unbranched alkanes of at least 4 members (excludes halogenated alkanes) is 1. The van der Waals surface area contributed by atoms with E-state index in [1.54, 1.807) is 20.1 Å². The summed E-state index contributed by atoms with van der Waals surface area (Å²) in [6, 6.07) is 5.76. The van der Waals surface area contributed by atoms with Crippen molar-refractivity contribution in [3.8, 4) is 0 Å². The van der Waals surface area contributed by atoms with E-state index in [2.05, 4.69) is 12.2 Å². The monoisotopic (exact) mass is 253 g/mol. The lowest BCUT2D eigenvalue weighted by molar-refractivity contribution is 0.191. The summed E-state index contributed by atoms with van der Waals surface area (Å²) in [6.45, 7) is 5.55. The van der Waals surface area contributed by atoms with E-state index in [1.165, 1.54) is 0 Å². The van der Waals surface area contributed by atoms with Crippen molar-refractivity contribution in [3.05, 3.63) is 35.1 Å². The highest BCUT2D eigenvalue weighted by atomic mass is 19.1. The largest absolute Gasteiger partial charge is 0.385 e. The van der Waals surface area contributed by atoms with Gasteiger partial charge in [0.15, 0.2) is 0 Å². The van der Waals surface area contributed by atoms with Gasteiger partial charge in [-0.15, -0.1) is 0 Å². The van der Waals surface area contributed by atoms with Crippen LogP contribution in [-0.2, 0) is 4.74 Å². The summed E-state index contributed by atoms with van der Waals surface area (Å²) in [5.74, 6) is -0.118. The van der Waals surface area contributed by atoms with Gasteiger partial charge in [-0.2, -0.15) is 0 Å². The zero-order valence-corrected chi connectivity index (χ0v) is 11.6. The lowest BCUT2D eigenvalue weighted by Crippen LogP contribution is -2.21. The topological polar surface area (TPSA) is 21.3 Å². The second kappa shape index (κ2) is 8.22. The minimum atomic E-state index is -0.118. The van der Waals surface area contributed by atoms with Gasteiger partial charge in [-0.05, 0) is 49.9 Å². The van der Waals surface area contributed by atoms with Gasteiger partial charge < -0.3 is 10.1 Å². The Kier molecular flexibility index (Phi) is 6.91. The molecule has 1 aromatic rings. The van der Waals surface area contributed by atoms with Gasteiger partial charge in [-0.3, -0.25) is 0 Å². The van der Waals surface area contributed by atoms with Crippen molar-refractivity contribution in [1.82, 2.24) is 5.32 Å². The van der Waals surface area contributed by atoms with E-state index >= 15 is 0 Å². The number of aryl methyl sites for hydroxylation is 1. The summed E-state index contributed by atoms with van der Waals surface area (Å²) in [7, 11) is 1.72. The highest BCUT2D eigenvalue weighted by Gasteiger charge is 2.11. The maximum Gasteiger partial charge on any atom is 0.126 e. The Labute approximate surface area is 110 Å². The highest BCUT2D eigenvalue weighted by molar-refractivity contribution is 5.25. The van der Waals surface area contributed by atoms with Crippen LogP contribution in [0.1, 0.15) is 43.4 Å². The summed E-state index contributed by atoms with van der Waals surface area (Å²) >= 11 is 0. The highest BCUT2D eigenvalue weighted by Crippen LogP contribution is 2.21. The molecule has 0 fully saturated rings. The Bertz CT molecular complexity index is 354. The van der Waals surface area contributed by atoms with Gasteiger partial charge in [0.1, 0.15) is 5.82 Å². The lowest BCUT2D eigenvalue weighted by atomic mass is 9.99. The number of nitrogens with one attached hydrogen (secondary N) is 1. The third kappa shape index (κ3) is 4.75. The smallest absolute Gasteiger partial charge is 0.126 e. The van der Waals surface area contributed by atoms with Crippen molar-refractivity contribution < 1.29 is 9.13 Å². The molecule has 0 saturated carbocycles. The minimum absolute atomic E-state index is 0.118. The molecule has 1 atom stereocenters. The number of methoxy groups -OCH3 is 1. The van der Waals surface area contributed by atoms with Crippen molar-refractivity contribution in [2.24, 2.45) is 0 Å². The molecule has 1 rings (SSSR count). The maximum atomic E-state index is 13.6. The fourth-order valence-corrected chi connectivity index (χ4v) is 2.05. The average Bonchev–Trinajstić information content (AvgIpc) is 2.37. The number of hydrogen-bond acceptors (Lipinski definition) is 2. The number of halogens is 1. The molecular weight excluding hydrogens is 229 g/mol. The second-order valence-corrected chi connectivity index (χ2v) is 4.61. The Balaban J connectivity index is 2.61. The minimum Gasteiger partial charge on any atom is -0.385 e. The van der Waals surface area contributed by atoms with Crippen LogP contribution in [0, 0.1) is 12.7 Å². The molecule has 0 heterocycles. The molecule has 0 bridgehead atoms. The van der Waals surface area contributed by atoms with Crippen molar-refractivity contribution in [2.45, 2.75) is 39.2 Å². The summed E-state index contributed by atoms with van der Waals surface area (Å²) in [4.78, 5) is 0. The van der Waals surface area contributed by atoms with E-state index < -0.39 is 0 Å². The van der Waals surface area contributed by atoms with Crippen molar-refractivity contribution in [2.75, 3.05) is 20.3 Å². The SMILES string of the molecule is CCNC(CCCCOC)c1ccc(C)c(F)c1. The van der Waals surface area contributed by atoms with E-state index in [0.717, 1.165) is 38.0 Å². The van der Waals surface area contributed by atoms with E-state index in [9.17, 15) is 4.39 Å². The van der Waals surface area contributed by atoms with Crippen LogP contribution in [0.15, 0.2) is 18.2 Å². The molecular formula is C15H24FNO. The van der Waals surface area contributed by atoms with E-state index in [0.29, 0.717) is 5.56 Å². The van der Waals surface area contributed by atoms with Crippen LogP contribution in [0.3, 0.4) is 0 Å². The molecule has 0 aliphatic carbocycles. The van der Waals surface area contributed by atoms with Gasteiger partial charge in [-0.25, -0.2) is 4.39 Å². The quantitative estimate of drug-likeness (QED) is 0.715. The first-order valence-electron chi connectivity index (χ1n) is 6.67. The van der Waals surface area contributed by atoms with Crippen molar-refractivity contribution in [1.29, 1.82) is 0 Å². The molecule has 0 aromatic heterocycles. The molecule has 1 aromatic carbocycles. The van der Waals surface area contributed by atoms with Crippen molar-refractivity contribution >= 4 is 0 Å². The van der Waals surface area contributed by atoms with Crippen LogP contribution < -0.4 is 5.32 Å². The average molecular weight is 253 g/mol. The predicted molar refractivity (Wildman–Crippen MR) is 73.3 cm³/mol. The molecule has 0 saturated heterocycles. The molecule has 0 radical (unpaired) electrons. The summed E-state index contributed by atoms with van der Waals surface area (Å²) in [5, 5.41) is 3.42. The number of benzene rings is 1. The summed E-state index contributed by atoms with van der Waals surface area (Å²) in [5.41, 5.74) is 1.74. The van der Waals surface area contributed by atoms with Gasteiger partial charge in [0, 0.05) is 19.8 Å². The molecule has 0 aliphatic heterocycles. The molecule has 0 amide bonds. The zero-order valence-electron chi connectivity index (χ0n) is 11.6. The fourth-order valence-electron chi connectivity index (χ4n) is 2.05. The third-order valence-electron chi connectivity index (χ3n) is 3.14. The third-order valence-corrected chi connectivity index (χ3v) is 3.14. The van der Waals surface area contributed by atoms with Crippen LogP contribution in [0.4, 0.5) is 4.39 Å². The molecule has 18 heavy (non-hydrogen) atoms. The zero-order chi connectivity index (χ0) is 13.4. The van der Waals surface area contributed by atoms with Crippen LogP contribution >= 0.6 is 0 Å². The first kappa shape index (κ1) is 15.1. The normalized spacial score (nSPS) is 12.7. The fraction of sp³-hybridized carbons (Fsp3) is 0.600. The van der Waals surface area contributed by atoms with E-state index in [1.807, 2.05) is 12.1 Å². The van der Waals surface area contributed by atoms with Crippen LogP contribution in [0.25, 0.3) is 0 Å². The predicted octanol–water partition coefficient (Wildman–Crippen LogP) is 3.60. The van der Waals surface area contributed by atoms with Gasteiger partial charge in [-0.1, -0.05) is 19.1 Å². The molecule has 1 N–H and O–H groups in total. The van der Waals surface area contributed by atoms with Gasteiger partial charge in [0.2, 0.25) is 0 Å². The van der Waals surface area contributed by atoms with Gasteiger partial charge >= 0.3 is 0 Å². The lowest BCUT2D eigenvalue weighted by Gasteiger charge is -2.18. The molecule has 3 heteroatoms. The van der Waals surface area contributed by atoms with Gasteiger partial charge in [0.25, 0.3) is 0 Å². The van der Waals surface area contributed by atoms with E-state index in [4.69, 9.17) is 4.74 Å². The van der Waals surface area contributed by atoms with E-state index in [-0.39, 0.29) is 11.9 Å². The number of hydrogen-bond donors (Lipinski definition) is 1. The van der Waals surface area contributed by atoms with Crippen molar-refractivity contribution in [3.63, 3.8) is 0 Å². The Morgan fingerprint density at radius 2 is 2.11 bits per heavy atom. The molecule has 102 valence electrons. The molecule has 1 unspecified atom stereocenters. The number of ether oxygens (including phenoxy) is 1. The Hall–Kier alpha value is -0.930.